The van der Waals surface area contributed by atoms with Gasteiger partial charge in [0.1, 0.15) is 11.3 Å². The van der Waals surface area contributed by atoms with E-state index in [1.807, 2.05) is 0 Å². The lowest BCUT2D eigenvalue weighted by Crippen LogP contribution is -2.03. The van der Waals surface area contributed by atoms with E-state index in [1.165, 1.54) is 0 Å². The van der Waals surface area contributed by atoms with Gasteiger partial charge in [-0.25, -0.2) is 4.98 Å². The zero-order chi connectivity index (χ0) is 12.4. The summed E-state index contributed by atoms with van der Waals surface area (Å²) in [6.45, 7) is 0. The van der Waals surface area contributed by atoms with Gasteiger partial charge in [0.25, 0.3) is 0 Å². The lowest BCUT2D eigenvalue weighted by molar-refractivity contribution is 0.215. The van der Waals surface area contributed by atoms with E-state index in [-0.39, 0.29) is 0 Å². The van der Waals surface area contributed by atoms with E-state index in [0.717, 1.165) is 0 Å². The molecular formula is C12H8Cl3NO. The van der Waals surface area contributed by atoms with Gasteiger partial charge in [-0.1, -0.05) is 46.9 Å². The number of aliphatic hydroxyl groups is 1. The van der Waals surface area contributed by atoms with Gasteiger partial charge in [-0.3, -0.25) is 0 Å². The van der Waals surface area contributed by atoms with Crippen LogP contribution in [0.4, 0.5) is 0 Å². The number of halogens is 3. The highest BCUT2D eigenvalue weighted by Crippen LogP contribution is 2.29. The molecule has 0 aliphatic rings. The van der Waals surface area contributed by atoms with E-state index in [2.05, 4.69) is 4.98 Å². The number of hydrogen-bond acceptors (Lipinski definition) is 2. The van der Waals surface area contributed by atoms with Crippen LogP contribution in [0.5, 0.6) is 0 Å². The molecule has 1 N–H and O–H groups in total. The summed E-state index contributed by atoms with van der Waals surface area (Å²) in [7, 11) is 0. The van der Waals surface area contributed by atoms with Gasteiger partial charge >= 0.3 is 0 Å². The third kappa shape index (κ3) is 2.90. The molecule has 0 amide bonds. The molecule has 0 aliphatic heterocycles. The summed E-state index contributed by atoms with van der Waals surface area (Å²) in [5.74, 6) is 0. The zero-order valence-corrected chi connectivity index (χ0v) is 10.8. The summed E-state index contributed by atoms with van der Waals surface area (Å²) >= 11 is 17.6. The molecule has 0 radical (unpaired) electrons. The van der Waals surface area contributed by atoms with Crippen LogP contribution >= 0.6 is 34.8 Å². The van der Waals surface area contributed by atoms with E-state index >= 15 is 0 Å². The average molecular weight is 289 g/mol. The van der Waals surface area contributed by atoms with Gasteiger partial charge in [0, 0.05) is 15.6 Å². The minimum atomic E-state index is -0.918. The Labute approximate surface area is 114 Å². The Bertz CT molecular complexity index is 545. The lowest BCUT2D eigenvalue weighted by Gasteiger charge is -2.12. The first-order valence-corrected chi connectivity index (χ1v) is 5.97. The van der Waals surface area contributed by atoms with E-state index in [4.69, 9.17) is 34.8 Å². The maximum Gasteiger partial charge on any atom is 0.129 e. The molecule has 1 aromatic heterocycles. The molecule has 0 fully saturated rings. The molecule has 0 spiro atoms. The largest absolute Gasteiger partial charge is 0.382 e. The predicted octanol–water partition coefficient (Wildman–Crippen LogP) is 4.12. The number of pyridine rings is 1. The number of hydrogen-bond donors (Lipinski definition) is 1. The van der Waals surface area contributed by atoms with Crippen LogP contribution in [-0.4, -0.2) is 10.1 Å². The highest BCUT2D eigenvalue weighted by Gasteiger charge is 2.15. The fourth-order valence-electron chi connectivity index (χ4n) is 1.46. The second kappa shape index (κ2) is 5.23. The van der Waals surface area contributed by atoms with Crippen molar-refractivity contribution in [3.05, 3.63) is 62.9 Å². The van der Waals surface area contributed by atoms with Crippen molar-refractivity contribution in [2.24, 2.45) is 0 Å². The van der Waals surface area contributed by atoms with Crippen molar-refractivity contribution < 1.29 is 5.11 Å². The first-order valence-electron chi connectivity index (χ1n) is 4.83. The van der Waals surface area contributed by atoms with Crippen molar-refractivity contribution in [1.29, 1.82) is 0 Å². The van der Waals surface area contributed by atoms with Crippen LogP contribution in [0, 0.1) is 0 Å². The second-order valence-electron chi connectivity index (χ2n) is 3.45. The summed E-state index contributed by atoms with van der Waals surface area (Å²) in [4.78, 5) is 4.04. The average Bonchev–Trinajstić information content (AvgIpc) is 2.28. The first kappa shape index (κ1) is 12.7. The van der Waals surface area contributed by atoms with Gasteiger partial charge in [0.15, 0.2) is 0 Å². The van der Waals surface area contributed by atoms with Crippen LogP contribution in [0.15, 0.2) is 36.4 Å². The van der Waals surface area contributed by atoms with Crippen molar-refractivity contribution in [2.45, 2.75) is 6.10 Å². The molecular weight excluding hydrogens is 280 g/mol. The Morgan fingerprint density at radius 1 is 1.06 bits per heavy atom. The molecule has 2 rings (SSSR count). The summed E-state index contributed by atoms with van der Waals surface area (Å²) in [6, 6.07) is 9.95. The predicted molar refractivity (Wildman–Crippen MR) is 69.8 cm³/mol. The maximum absolute atomic E-state index is 10.1. The number of benzene rings is 1. The molecule has 0 saturated carbocycles. The summed E-state index contributed by atoms with van der Waals surface area (Å²) in [5.41, 5.74) is 0.993. The molecule has 88 valence electrons. The monoisotopic (exact) mass is 287 g/mol. The number of nitrogens with zero attached hydrogens (tertiary/aromatic N) is 1. The van der Waals surface area contributed by atoms with Gasteiger partial charge in [0.2, 0.25) is 0 Å². The Balaban J connectivity index is 2.40. The van der Waals surface area contributed by atoms with Gasteiger partial charge < -0.3 is 5.11 Å². The van der Waals surface area contributed by atoms with Crippen molar-refractivity contribution >= 4 is 34.8 Å². The molecule has 0 aliphatic carbocycles. The van der Waals surface area contributed by atoms with Crippen LogP contribution < -0.4 is 0 Å². The molecule has 1 unspecified atom stereocenters. The molecule has 1 heterocycles. The second-order valence-corrected chi connectivity index (χ2v) is 4.68. The standard InChI is InChI=1S/C12H8Cl3NO/c13-7-4-5-8(9(14)6-7)12(17)10-2-1-3-11(15)16-10/h1-6,12,17H. The quantitative estimate of drug-likeness (QED) is 0.843. The van der Waals surface area contributed by atoms with Crippen molar-refractivity contribution in [2.75, 3.05) is 0 Å². The van der Waals surface area contributed by atoms with Gasteiger partial charge in [-0.15, -0.1) is 0 Å². The van der Waals surface area contributed by atoms with Crippen LogP contribution in [0.1, 0.15) is 17.4 Å². The molecule has 1 atom stereocenters. The summed E-state index contributed by atoms with van der Waals surface area (Å²) in [5, 5.41) is 11.4. The third-order valence-corrected chi connectivity index (χ3v) is 3.05. The van der Waals surface area contributed by atoms with Crippen molar-refractivity contribution in [3.63, 3.8) is 0 Å². The first-order chi connectivity index (χ1) is 8.08. The van der Waals surface area contributed by atoms with E-state index in [9.17, 15) is 5.11 Å². The van der Waals surface area contributed by atoms with Gasteiger partial charge in [-0.2, -0.15) is 0 Å². The molecule has 2 nitrogen and oxygen atoms in total. The van der Waals surface area contributed by atoms with Gasteiger partial charge in [-0.05, 0) is 24.3 Å². The summed E-state index contributed by atoms with van der Waals surface area (Å²) in [6.07, 6.45) is -0.918. The smallest absolute Gasteiger partial charge is 0.129 e. The molecule has 17 heavy (non-hydrogen) atoms. The SMILES string of the molecule is OC(c1cccc(Cl)n1)c1ccc(Cl)cc1Cl. The molecule has 5 heteroatoms. The van der Waals surface area contributed by atoms with E-state index in [0.29, 0.717) is 26.5 Å². The number of aliphatic hydroxyl groups excluding tert-OH is 1. The van der Waals surface area contributed by atoms with Crippen LogP contribution in [-0.2, 0) is 0 Å². The molecule has 0 bridgehead atoms. The van der Waals surface area contributed by atoms with Crippen molar-refractivity contribution in [1.82, 2.24) is 4.98 Å². The maximum atomic E-state index is 10.1. The zero-order valence-electron chi connectivity index (χ0n) is 8.57. The molecule has 0 saturated heterocycles. The van der Waals surface area contributed by atoms with Gasteiger partial charge in [0.05, 0.1) is 5.69 Å². The Kier molecular flexibility index (Phi) is 3.89. The summed E-state index contributed by atoms with van der Waals surface area (Å²) < 4.78 is 0. The fraction of sp³-hybridized carbons (Fsp3) is 0.0833. The molecule has 2 aromatic rings. The van der Waals surface area contributed by atoms with Crippen LogP contribution in [0.25, 0.3) is 0 Å². The topological polar surface area (TPSA) is 33.1 Å². The Morgan fingerprint density at radius 2 is 1.82 bits per heavy atom. The highest BCUT2D eigenvalue weighted by atomic mass is 35.5. The minimum Gasteiger partial charge on any atom is -0.382 e. The number of rotatable bonds is 2. The normalized spacial score (nSPS) is 12.5. The number of aromatic nitrogens is 1. The van der Waals surface area contributed by atoms with Crippen LogP contribution in [0.2, 0.25) is 15.2 Å². The highest BCUT2D eigenvalue weighted by molar-refractivity contribution is 6.35. The third-order valence-electron chi connectivity index (χ3n) is 2.27. The lowest BCUT2D eigenvalue weighted by atomic mass is 10.1. The molecule has 1 aromatic carbocycles. The van der Waals surface area contributed by atoms with E-state index in [1.54, 1.807) is 36.4 Å². The fourth-order valence-corrected chi connectivity index (χ4v) is 2.14. The minimum absolute atomic E-state index is 0.326. The van der Waals surface area contributed by atoms with Crippen LogP contribution in [0.3, 0.4) is 0 Å². The Hall–Kier alpha value is -0.800. The van der Waals surface area contributed by atoms with Crippen molar-refractivity contribution in [3.8, 4) is 0 Å². The Morgan fingerprint density at radius 3 is 2.47 bits per heavy atom. The van der Waals surface area contributed by atoms with E-state index < -0.39 is 6.10 Å².